The fraction of sp³-hybridized carbons (Fsp3) is 0.150. The average Bonchev–Trinajstić information content (AvgIpc) is 3.30. The van der Waals surface area contributed by atoms with Crippen LogP contribution in [0.1, 0.15) is 12.8 Å². The molecule has 0 saturated carbocycles. The molecule has 0 atom stereocenters. The Morgan fingerprint density at radius 1 is 1.18 bits per heavy atom. The molecule has 7 nitrogen and oxygen atoms in total. The van der Waals surface area contributed by atoms with Gasteiger partial charge in [0, 0.05) is 31.0 Å². The molecule has 0 aliphatic heterocycles. The first kappa shape index (κ1) is 17.7. The van der Waals surface area contributed by atoms with Crippen molar-refractivity contribution in [1.82, 2.24) is 14.3 Å². The van der Waals surface area contributed by atoms with Crippen molar-refractivity contribution in [2.75, 3.05) is 5.32 Å². The molecule has 8 heteroatoms. The van der Waals surface area contributed by atoms with E-state index < -0.39 is 11.6 Å². The third-order valence-electron chi connectivity index (χ3n) is 4.34. The zero-order valence-electron chi connectivity index (χ0n) is 14.8. The zero-order chi connectivity index (χ0) is 19.5. The molecule has 1 N–H and O–H groups in total. The molecule has 1 amide bonds. The second kappa shape index (κ2) is 7.51. The molecule has 0 bridgehead atoms. The Hall–Kier alpha value is -3.68. The molecule has 2 heterocycles. The van der Waals surface area contributed by atoms with Crippen molar-refractivity contribution in [3.63, 3.8) is 0 Å². The summed E-state index contributed by atoms with van der Waals surface area (Å²) in [5.74, 6) is -1.19. The Bertz CT molecular complexity index is 1180. The van der Waals surface area contributed by atoms with Gasteiger partial charge in [0.05, 0.1) is 5.52 Å². The number of para-hydroxylation sites is 2. The molecule has 4 rings (SSSR count). The van der Waals surface area contributed by atoms with E-state index in [4.69, 9.17) is 4.42 Å². The lowest BCUT2D eigenvalue weighted by atomic mass is 10.2. The number of hydrogen-bond acceptors (Lipinski definition) is 4. The number of aryl methyl sites for hydroxylation is 1. The minimum Gasteiger partial charge on any atom is -0.408 e. The molecule has 0 aliphatic rings. The van der Waals surface area contributed by atoms with Crippen LogP contribution in [0, 0.1) is 5.82 Å². The van der Waals surface area contributed by atoms with E-state index in [1.807, 2.05) is 6.07 Å². The van der Waals surface area contributed by atoms with Crippen molar-refractivity contribution in [3.8, 4) is 5.69 Å². The normalized spacial score (nSPS) is 11.0. The first-order chi connectivity index (χ1) is 13.6. The maximum Gasteiger partial charge on any atom is 0.419 e. The molecule has 2 aromatic carbocycles. The number of carbonyl (C=O) groups is 1. The number of rotatable bonds is 6. The third-order valence-corrected chi connectivity index (χ3v) is 4.34. The second-order valence-electron chi connectivity index (χ2n) is 6.26. The van der Waals surface area contributed by atoms with Crippen LogP contribution in [-0.4, -0.2) is 20.3 Å². The van der Waals surface area contributed by atoms with Gasteiger partial charge < -0.3 is 9.73 Å². The van der Waals surface area contributed by atoms with Crippen LogP contribution in [0.4, 0.5) is 10.1 Å². The third kappa shape index (κ3) is 3.57. The highest BCUT2D eigenvalue weighted by Crippen LogP contribution is 2.18. The Morgan fingerprint density at radius 3 is 2.82 bits per heavy atom. The van der Waals surface area contributed by atoms with Crippen LogP contribution in [0.25, 0.3) is 16.8 Å². The number of nitrogens with zero attached hydrogens (tertiary/aromatic N) is 3. The highest BCUT2D eigenvalue weighted by atomic mass is 19.1. The fourth-order valence-electron chi connectivity index (χ4n) is 3.03. The first-order valence-corrected chi connectivity index (χ1v) is 8.79. The van der Waals surface area contributed by atoms with E-state index in [1.54, 1.807) is 48.8 Å². The minimum atomic E-state index is -0.488. The van der Waals surface area contributed by atoms with Gasteiger partial charge in [0.2, 0.25) is 5.91 Å². The van der Waals surface area contributed by atoms with E-state index in [1.165, 1.54) is 15.3 Å². The molecule has 0 saturated heterocycles. The number of anilines is 1. The Labute approximate surface area is 159 Å². The molecule has 28 heavy (non-hydrogen) atoms. The van der Waals surface area contributed by atoms with Gasteiger partial charge in [-0.15, -0.1) is 0 Å². The lowest BCUT2D eigenvalue weighted by Gasteiger charge is -2.08. The fourth-order valence-corrected chi connectivity index (χ4v) is 3.03. The van der Waals surface area contributed by atoms with Gasteiger partial charge in [-0.25, -0.2) is 13.9 Å². The number of amides is 1. The van der Waals surface area contributed by atoms with E-state index in [0.29, 0.717) is 35.4 Å². The molecule has 0 radical (unpaired) electrons. The summed E-state index contributed by atoms with van der Waals surface area (Å²) in [6, 6.07) is 13.3. The van der Waals surface area contributed by atoms with Gasteiger partial charge in [-0.3, -0.25) is 9.36 Å². The summed E-state index contributed by atoms with van der Waals surface area (Å²) in [4.78, 5) is 24.1. The molecule has 0 aliphatic carbocycles. The number of carbonyl (C=O) groups excluding carboxylic acids is 1. The number of nitrogens with one attached hydrogen (secondary N) is 1. The van der Waals surface area contributed by atoms with Crippen molar-refractivity contribution in [3.05, 3.63) is 77.3 Å². The predicted molar refractivity (Wildman–Crippen MR) is 102 cm³/mol. The Kier molecular flexibility index (Phi) is 4.76. The van der Waals surface area contributed by atoms with Gasteiger partial charge in [0.25, 0.3) is 0 Å². The van der Waals surface area contributed by atoms with Crippen molar-refractivity contribution in [2.24, 2.45) is 0 Å². The average molecular weight is 380 g/mol. The molecular formula is C20H17FN4O3. The maximum absolute atomic E-state index is 14.2. The van der Waals surface area contributed by atoms with E-state index in [0.717, 1.165) is 0 Å². The molecule has 2 aromatic heterocycles. The van der Waals surface area contributed by atoms with Crippen LogP contribution in [0.15, 0.2) is 70.1 Å². The van der Waals surface area contributed by atoms with Crippen molar-refractivity contribution >= 4 is 22.7 Å². The van der Waals surface area contributed by atoms with Gasteiger partial charge in [-0.05, 0) is 42.8 Å². The van der Waals surface area contributed by atoms with Crippen LogP contribution in [0.2, 0.25) is 0 Å². The van der Waals surface area contributed by atoms with Crippen molar-refractivity contribution in [2.45, 2.75) is 19.4 Å². The smallest absolute Gasteiger partial charge is 0.408 e. The van der Waals surface area contributed by atoms with Crippen LogP contribution in [-0.2, 0) is 11.3 Å². The van der Waals surface area contributed by atoms with Crippen LogP contribution >= 0.6 is 0 Å². The SMILES string of the molecule is O=C(CCCn1c(=O)oc2ccccc21)Nc1ccc(-n2cccn2)c(F)c1. The molecule has 0 spiro atoms. The van der Waals surface area contributed by atoms with E-state index in [9.17, 15) is 14.0 Å². The lowest BCUT2D eigenvalue weighted by Crippen LogP contribution is -2.17. The van der Waals surface area contributed by atoms with Crippen LogP contribution in [0.5, 0.6) is 0 Å². The predicted octanol–water partition coefficient (Wildman–Crippen LogP) is 3.34. The summed E-state index contributed by atoms with van der Waals surface area (Å²) in [6.45, 7) is 0.357. The van der Waals surface area contributed by atoms with E-state index in [-0.39, 0.29) is 12.3 Å². The quantitative estimate of drug-likeness (QED) is 0.556. The zero-order valence-corrected chi connectivity index (χ0v) is 14.8. The lowest BCUT2D eigenvalue weighted by molar-refractivity contribution is -0.116. The highest BCUT2D eigenvalue weighted by Gasteiger charge is 2.11. The van der Waals surface area contributed by atoms with Crippen molar-refractivity contribution in [1.29, 1.82) is 0 Å². The highest BCUT2D eigenvalue weighted by molar-refractivity contribution is 5.90. The standard InChI is InChI=1S/C20H17FN4O3/c21-15-13-14(8-9-16(15)25-12-4-10-22-25)23-19(26)7-3-11-24-17-5-1-2-6-18(17)28-20(24)27/h1-2,4-6,8-10,12-13H,3,7,11H2,(H,23,26). The molecule has 0 fully saturated rings. The second-order valence-corrected chi connectivity index (χ2v) is 6.26. The Morgan fingerprint density at radius 2 is 2.04 bits per heavy atom. The van der Waals surface area contributed by atoms with Crippen molar-refractivity contribution < 1.29 is 13.6 Å². The monoisotopic (exact) mass is 380 g/mol. The topological polar surface area (TPSA) is 82.1 Å². The summed E-state index contributed by atoms with van der Waals surface area (Å²) in [6.07, 6.45) is 3.83. The molecule has 0 unspecified atom stereocenters. The van der Waals surface area contributed by atoms with E-state index >= 15 is 0 Å². The first-order valence-electron chi connectivity index (χ1n) is 8.79. The van der Waals surface area contributed by atoms with Gasteiger partial charge in [0.15, 0.2) is 11.4 Å². The van der Waals surface area contributed by atoms with E-state index in [2.05, 4.69) is 10.4 Å². The Balaban J connectivity index is 1.36. The van der Waals surface area contributed by atoms with Gasteiger partial charge in [0.1, 0.15) is 5.69 Å². The van der Waals surface area contributed by atoms with Gasteiger partial charge in [-0.2, -0.15) is 5.10 Å². The summed E-state index contributed by atoms with van der Waals surface area (Å²) < 4.78 is 22.3. The summed E-state index contributed by atoms with van der Waals surface area (Å²) in [5.41, 5.74) is 1.88. The van der Waals surface area contributed by atoms with Crippen LogP contribution in [0.3, 0.4) is 0 Å². The molecule has 4 aromatic rings. The minimum absolute atomic E-state index is 0.189. The number of oxazole rings is 1. The largest absolute Gasteiger partial charge is 0.419 e. The molecular weight excluding hydrogens is 363 g/mol. The number of benzene rings is 2. The number of aromatic nitrogens is 3. The van der Waals surface area contributed by atoms with Gasteiger partial charge in [-0.1, -0.05) is 12.1 Å². The maximum atomic E-state index is 14.2. The molecule has 142 valence electrons. The number of hydrogen-bond donors (Lipinski definition) is 1. The summed E-state index contributed by atoms with van der Waals surface area (Å²) in [7, 11) is 0. The number of fused-ring (bicyclic) bond motifs is 1. The number of halogens is 1. The summed E-state index contributed by atoms with van der Waals surface area (Å²) >= 11 is 0. The summed E-state index contributed by atoms with van der Waals surface area (Å²) in [5, 5.41) is 6.65. The van der Waals surface area contributed by atoms with Crippen LogP contribution < -0.4 is 11.1 Å². The van der Waals surface area contributed by atoms with Gasteiger partial charge >= 0.3 is 5.76 Å².